The number of hydrogen-bond donors (Lipinski definition) is 0. The van der Waals surface area contributed by atoms with Crippen molar-refractivity contribution in [3.05, 3.63) is 40.9 Å². The summed E-state index contributed by atoms with van der Waals surface area (Å²) in [7, 11) is 1.94. The van der Waals surface area contributed by atoms with Crippen LogP contribution in [0.2, 0.25) is 0 Å². The quantitative estimate of drug-likeness (QED) is 0.680. The molecule has 0 bridgehead atoms. The van der Waals surface area contributed by atoms with Gasteiger partial charge in [0.1, 0.15) is 0 Å². The highest BCUT2D eigenvalue weighted by molar-refractivity contribution is 5.82. The van der Waals surface area contributed by atoms with Crippen LogP contribution in [0.15, 0.2) is 18.2 Å². The Labute approximate surface area is 89.1 Å². The largest absolute Gasteiger partial charge is 0.317 e. The zero-order valence-electron chi connectivity index (χ0n) is 8.99. The van der Waals surface area contributed by atoms with E-state index in [4.69, 9.17) is 6.57 Å². The minimum Gasteiger partial charge on any atom is -0.317 e. The van der Waals surface area contributed by atoms with Crippen molar-refractivity contribution >= 4 is 10.9 Å². The molecule has 0 spiro atoms. The predicted octanol–water partition coefficient (Wildman–Crippen LogP) is 2.34. The average Bonchev–Trinajstić information content (AvgIpc) is 2.52. The van der Waals surface area contributed by atoms with Gasteiger partial charge >= 0.3 is 0 Å². The molecule has 3 nitrogen and oxygen atoms in total. The molecule has 15 heavy (non-hydrogen) atoms. The van der Waals surface area contributed by atoms with Crippen molar-refractivity contribution in [2.24, 2.45) is 7.05 Å². The molecule has 0 N–H and O–H groups in total. The third kappa shape index (κ3) is 1.71. The van der Waals surface area contributed by atoms with Crippen molar-refractivity contribution in [3.63, 3.8) is 0 Å². The summed E-state index contributed by atoms with van der Waals surface area (Å²) >= 11 is 0. The second-order valence-corrected chi connectivity index (χ2v) is 3.72. The van der Waals surface area contributed by atoms with Crippen LogP contribution in [0.1, 0.15) is 11.3 Å². The van der Waals surface area contributed by atoms with Gasteiger partial charge < -0.3 is 4.85 Å². The van der Waals surface area contributed by atoms with Crippen LogP contribution < -0.4 is 0 Å². The molecule has 2 aromatic rings. The van der Waals surface area contributed by atoms with Crippen molar-refractivity contribution in [2.45, 2.75) is 13.3 Å². The topological polar surface area (TPSA) is 22.2 Å². The number of benzene rings is 1. The standard InChI is InChI=1S/C12H13N3/c1-9-4-5-12-10(8-9)11(6-7-13-2)14-15(12)3/h4-5,8H,6-7H2,1,3H3. The summed E-state index contributed by atoms with van der Waals surface area (Å²) in [6.07, 6.45) is 0.740. The molecule has 2 rings (SSSR count). The summed E-state index contributed by atoms with van der Waals surface area (Å²) < 4.78 is 1.88. The van der Waals surface area contributed by atoms with E-state index < -0.39 is 0 Å². The first kappa shape index (κ1) is 9.72. The normalized spacial score (nSPS) is 10.5. The van der Waals surface area contributed by atoms with Crippen molar-refractivity contribution < 1.29 is 0 Å². The minimum atomic E-state index is 0.514. The van der Waals surface area contributed by atoms with Crippen LogP contribution in [0.4, 0.5) is 0 Å². The van der Waals surface area contributed by atoms with E-state index in [2.05, 4.69) is 35.1 Å². The summed E-state index contributed by atoms with van der Waals surface area (Å²) in [5.74, 6) is 0. The number of rotatable bonds is 2. The van der Waals surface area contributed by atoms with Crippen LogP contribution in [0, 0.1) is 13.5 Å². The van der Waals surface area contributed by atoms with Gasteiger partial charge in [0.25, 0.3) is 0 Å². The first-order valence-electron chi connectivity index (χ1n) is 4.98. The van der Waals surface area contributed by atoms with Gasteiger partial charge in [0.2, 0.25) is 6.54 Å². The van der Waals surface area contributed by atoms with Gasteiger partial charge in [-0.3, -0.25) is 4.68 Å². The molecule has 0 radical (unpaired) electrons. The van der Waals surface area contributed by atoms with E-state index in [1.54, 1.807) is 0 Å². The Morgan fingerprint density at radius 3 is 3.00 bits per heavy atom. The molecule has 0 saturated heterocycles. The van der Waals surface area contributed by atoms with E-state index in [9.17, 15) is 0 Å². The molecule has 1 aromatic heterocycles. The smallest absolute Gasteiger partial charge is 0.220 e. The molecular weight excluding hydrogens is 186 g/mol. The fraction of sp³-hybridized carbons (Fsp3) is 0.333. The Hall–Kier alpha value is -1.82. The van der Waals surface area contributed by atoms with Gasteiger partial charge in [-0.05, 0) is 19.1 Å². The van der Waals surface area contributed by atoms with Crippen LogP contribution in [0.25, 0.3) is 15.7 Å². The van der Waals surface area contributed by atoms with E-state index in [-0.39, 0.29) is 0 Å². The molecule has 1 aromatic carbocycles. The lowest BCUT2D eigenvalue weighted by molar-refractivity contribution is 0.767. The maximum atomic E-state index is 6.80. The fourth-order valence-corrected chi connectivity index (χ4v) is 1.80. The van der Waals surface area contributed by atoms with Crippen molar-refractivity contribution in [3.8, 4) is 0 Å². The second-order valence-electron chi connectivity index (χ2n) is 3.72. The molecular formula is C12H13N3. The number of hydrogen-bond acceptors (Lipinski definition) is 1. The van der Waals surface area contributed by atoms with Crippen LogP contribution in [0.5, 0.6) is 0 Å². The predicted molar refractivity (Wildman–Crippen MR) is 60.6 cm³/mol. The number of nitrogens with zero attached hydrogens (tertiary/aromatic N) is 3. The molecule has 1 heterocycles. The van der Waals surface area contributed by atoms with Crippen molar-refractivity contribution in [2.75, 3.05) is 6.54 Å². The second kappa shape index (κ2) is 3.74. The maximum absolute atomic E-state index is 6.80. The maximum Gasteiger partial charge on any atom is 0.220 e. The number of fused-ring (bicyclic) bond motifs is 1. The van der Waals surface area contributed by atoms with Crippen LogP contribution in [-0.4, -0.2) is 16.3 Å². The van der Waals surface area contributed by atoms with Gasteiger partial charge in [-0.25, -0.2) is 6.57 Å². The lowest BCUT2D eigenvalue weighted by atomic mass is 10.1. The molecule has 0 aliphatic rings. The summed E-state index contributed by atoms with van der Waals surface area (Å²) in [5, 5.41) is 5.62. The first-order chi connectivity index (χ1) is 7.22. The summed E-state index contributed by atoms with van der Waals surface area (Å²) in [4.78, 5) is 3.37. The van der Waals surface area contributed by atoms with E-state index in [1.165, 1.54) is 10.9 Å². The lowest BCUT2D eigenvalue weighted by Gasteiger charge is -1.95. The Balaban J connectivity index is 2.55. The van der Waals surface area contributed by atoms with E-state index in [0.29, 0.717) is 6.54 Å². The minimum absolute atomic E-state index is 0.514. The van der Waals surface area contributed by atoms with Crippen LogP contribution >= 0.6 is 0 Å². The summed E-state index contributed by atoms with van der Waals surface area (Å²) in [6.45, 7) is 9.39. The Kier molecular flexibility index (Phi) is 2.42. The number of aromatic nitrogens is 2. The molecule has 3 heteroatoms. The highest BCUT2D eigenvalue weighted by Crippen LogP contribution is 2.19. The Morgan fingerprint density at radius 2 is 2.27 bits per heavy atom. The molecule has 0 saturated carbocycles. The highest BCUT2D eigenvalue weighted by Gasteiger charge is 2.08. The molecule has 0 fully saturated rings. The molecule has 0 aliphatic carbocycles. The zero-order valence-corrected chi connectivity index (χ0v) is 8.99. The number of aryl methyl sites for hydroxylation is 2. The zero-order chi connectivity index (χ0) is 10.8. The van der Waals surface area contributed by atoms with Gasteiger partial charge in [-0.1, -0.05) is 11.6 Å². The first-order valence-corrected chi connectivity index (χ1v) is 4.98. The summed E-state index contributed by atoms with van der Waals surface area (Å²) in [6, 6.07) is 6.31. The van der Waals surface area contributed by atoms with Gasteiger partial charge in [0, 0.05) is 12.4 Å². The fourth-order valence-electron chi connectivity index (χ4n) is 1.80. The van der Waals surface area contributed by atoms with Crippen LogP contribution in [-0.2, 0) is 13.5 Å². The molecule has 0 aliphatic heterocycles. The Bertz CT molecular complexity index is 532. The van der Waals surface area contributed by atoms with E-state index in [0.717, 1.165) is 17.6 Å². The lowest BCUT2D eigenvalue weighted by Crippen LogP contribution is -1.93. The van der Waals surface area contributed by atoms with Crippen molar-refractivity contribution in [1.82, 2.24) is 9.78 Å². The summed E-state index contributed by atoms with van der Waals surface area (Å²) in [5.41, 5.74) is 3.41. The van der Waals surface area contributed by atoms with E-state index >= 15 is 0 Å². The highest BCUT2D eigenvalue weighted by atomic mass is 15.3. The van der Waals surface area contributed by atoms with Crippen molar-refractivity contribution in [1.29, 1.82) is 0 Å². The monoisotopic (exact) mass is 199 g/mol. The van der Waals surface area contributed by atoms with Gasteiger partial charge in [0.05, 0.1) is 17.6 Å². The molecule has 76 valence electrons. The van der Waals surface area contributed by atoms with Gasteiger partial charge in [0.15, 0.2) is 0 Å². The van der Waals surface area contributed by atoms with Crippen LogP contribution in [0.3, 0.4) is 0 Å². The Morgan fingerprint density at radius 1 is 1.47 bits per heavy atom. The third-order valence-electron chi connectivity index (χ3n) is 2.54. The molecule has 0 atom stereocenters. The molecule has 0 amide bonds. The molecule has 0 unspecified atom stereocenters. The third-order valence-corrected chi connectivity index (χ3v) is 2.54. The SMILES string of the molecule is [C-]#[N+]CCc1nn(C)c2ccc(C)cc12. The van der Waals surface area contributed by atoms with E-state index in [1.807, 2.05) is 11.7 Å². The average molecular weight is 199 g/mol. The van der Waals surface area contributed by atoms with Gasteiger partial charge in [-0.15, -0.1) is 0 Å². The van der Waals surface area contributed by atoms with Gasteiger partial charge in [-0.2, -0.15) is 5.10 Å².